The van der Waals surface area contributed by atoms with E-state index in [4.69, 9.17) is 16.6 Å². The second-order valence-corrected chi connectivity index (χ2v) is 2.01. The molecular weight excluding hydrogens is 132 g/mol. The van der Waals surface area contributed by atoms with Crippen LogP contribution in [-0.4, -0.2) is 23.7 Å². The molecular formula is C6H12N2O2. The summed E-state index contributed by atoms with van der Waals surface area (Å²) >= 11 is 0. The molecule has 0 aromatic rings. The first-order valence-corrected chi connectivity index (χ1v) is 2.97. The zero-order valence-electron chi connectivity index (χ0n) is 5.71. The number of nitrogens with two attached hydrogens (primary N) is 2. The number of hydrogen-bond donors (Lipinski definition) is 3. The first-order chi connectivity index (χ1) is 4.59. The van der Waals surface area contributed by atoms with Crippen LogP contribution in [0.4, 0.5) is 0 Å². The monoisotopic (exact) mass is 144 g/mol. The van der Waals surface area contributed by atoms with Crippen LogP contribution in [0, 0.1) is 0 Å². The van der Waals surface area contributed by atoms with Crippen LogP contribution in [-0.2, 0) is 4.79 Å². The summed E-state index contributed by atoms with van der Waals surface area (Å²) in [6, 6.07) is -0.512. The van der Waals surface area contributed by atoms with E-state index in [1.54, 1.807) is 0 Å². The molecule has 1 atom stereocenters. The van der Waals surface area contributed by atoms with Crippen LogP contribution in [0.25, 0.3) is 0 Å². The Bertz CT molecular complexity index is 145. The first-order valence-electron chi connectivity index (χ1n) is 2.97. The Morgan fingerprint density at radius 3 is 2.50 bits per heavy atom. The van der Waals surface area contributed by atoms with Crippen LogP contribution in [0.3, 0.4) is 0 Å². The fraction of sp³-hybridized carbons (Fsp3) is 0.500. The normalized spacial score (nSPS) is 12.6. The van der Waals surface area contributed by atoms with E-state index in [9.17, 15) is 4.79 Å². The predicted molar refractivity (Wildman–Crippen MR) is 38.4 cm³/mol. The van der Waals surface area contributed by atoms with Crippen LogP contribution in [0.15, 0.2) is 12.2 Å². The van der Waals surface area contributed by atoms with E-state index in [2.05, 4.69) is 6.58 Å². The van der Waals surface area contributed by atoms with Gasteiger partial charge >= 0.3 is 5.97 Å². The first kappa shape index (κ1) is 9.13. The molecule has 0 fully saturated rings. The van der Waals surface area contributed by atoms with E-state index in [0.717, 1.165) is 0 Å². The molecule has 4 nitrogen and oxygen atoms in total. The number of carboxylic acid groups (broad SMARTS) is 1. The molecule has 10 heavy (non-hydrogen) atoms. The molecule has 0 saturated carbocycles. The Morgan fingerprint density at radius 2 is 2.20 bits per heavy atom. The summed E-state index contributed by atoms with van der Waals surface area (Å²) < 4.78 is 0. The molecule has 0 radical (unpaired) electrons. The van der Waals surface area contributed by atoms with E-state index in [-0.39, 0.29) is 5.57 Å². The lowest BCUT2D eigenvalue weighted by atomic mass is 10.1. The average molecular weight is 144 g/mol. The van der Waals surface area contributed by atoms with Gasteiger partial charge in [-0.2, -0.15) is 0 Å². The summed E-state index contributed by atoms with van der Waals surface area (Å²) in [6.45, 7) is 3.68. The van der Waals surface area contributed by atoms with Gasteiger partial charge in [-0.25, -0.2) is 4.79 Å². The van der Waals surface area contributed by atoms with Gasteiger partial charge in [-0.1, -0.05) is 6.58 Å². The van der Waals surface area contributed by atoms with Crippen molar-refractivity contribution in [2.75, 3.05) is 6.54 Å². The number of rotatable bonds is 4. The summed E-state index contributed by atoms with van der Waals surface area (Å²) in [5.74, 6) is -1.05. The Kier molecular flexibility index (Phi) is 3.68. The molecule has 0 aliphatic heterocycles. The molecule has 0 aliphatic rings. The number of aliphatic carboxylic acids is 1. The van der Waals surface area contributed by atoms with Crippen LogP contribution in [0.1, 0.15) is 6.42 Å². The van der Waals surface area contributed by atoms with Crippen molar-refractivity contribution in [3.05, 3.63) is 12.2 Å². The molecule has 5 N–H and O–H groups in total. The van der Waals surface area contributed by atoms with Crippen molar-refractivity contribution in [2.45, 2.75) is 12.5 Å². The fourth-order valence-electron chi connectivity index (χ4n) is 0.512. The van der Waals surface area contributed by atoms with Crippen molar-refractivity contribution in [1.82, 2.24) is 0 Å². The van der Waals surface area contributed by atoms with Gasteiger partial charge in [0.25, 0.3) is 0 Å². The maximum absolute atomic E-state index is 10.2. The van der Waals surface area contributed by atoms with E-state index in [0.29, 0.717) is 13.0 Å². The zero-order chi connectivity index (χ0) is 8.15. The molecule has 58 valence electrons. The molecule has 0 bridgehead atoms. The van der Waals surface area contributed by atoms with Gasteiger partial charge < -0.3 is 16.6 Å². The highest BCUT2D eigenvalue weighted by Crippen LogP contribution is 1.99. The van der Waals surface area contributed by atoms with Crippen molar-refractivity contribution in [3.63, 3.8) is 0 Å². The zero-order valence-corrected chi connectivity index (χ0v) is 5.71. The summed E-state index contributed by atoms with van der Waals surface area (Å²) in [4.78, 5) is 10.2. The molecule has 0 heterocycles. The van der Waals surface area contributed by atoms with Gasteiger partial charge in [0, 0.05) is 11.6 Å². The minimum absolute atomic E-state index is 0.0189. The largest absolute Gasteiger partial charge is 0.478 e. The summed E-state index contributed by atoms with van der Waals surface area (Å²) in [6.07, 6.45) is 0.463. The lowest BCUT2D eigenvalue weighted by Crippen LogP contribution is -2.29. The molecule has 0 aromatic heterocycles. The van der Waals surface area contributed by atoms with Crippen molar-refractivity contribution in [2.24, 2.45) is 11.5 Å². The lowest BCUT2D eigenvalue weighted by molar-refractivity contribution is -0.132. The van der Waals surface area contributed by atoms with Crippen LogP contribution < -0.4 is 11.5 Å². The quantitative estimate of drug-likeness (QED) is 0.455. The molecule has 0 amide bonds. The SMILES string of the molecule is C=C(C(=O)O)C(N)CCN. The third-order valence-electron chi connectivity index (χ3n) is 1.20. The van der Waals surface area contributed by atoms with Gasteiger partial charge in [0.15, 0.2) is 0 Å². The molecule has 0 rings (SSSR count). The maximum Gasteiger partial charge on any atom is 0.332 e. The second-order valence-electron chi connectivity index (χ2n) is 2.01. The summed E-state index contributed by atoms with van der Waals surface area (Å²) in [5.41, 5.74) is 10.5. The summed E-state index contributed by atoms with van der Waals surface area (Å²) in [7, 11) is 0. The Balaban J connectivity index is 3.82. The third kappa shape index (κ3) is 2.61. The highest BCUT2D eigenvalue weighted by molar-refractivity contribution is 5.87. The highest BCUT2D eigenvalue weighted by atomic mass is 16.4. The van der Waals surface area contributed by atoms with Gasteiger partial charge in [-0.3, -0.25) is 0 Å². The van der Waals surface area contributed by atoms with E-state index in [1.807, 2.05) is 0 Å². The Hall–Kier alpha value is -0.870. The van der Waals surface area contributed by atoms with Crippen molar-refractivity contribution in [3.8, 4) is 0 Å². The van der Waals surface area contributed by atoms with Crippen molar-refractivity contribution >= 4 is 5.97 Å². The average Bonchev–Trinajstić information content (AvgIpc) is 1.87. The summed E-state index contributed by atoms with van der Waals surface area (Å²) in [5, 5.41) is 8.36. The van der Waals surface area contributed by atoms with Crippen LogP contribution in [0.2, 0.25) is 0 Å². The van der Waals surface area contributed by atoms with Crippen LogP contribution in [0.5, 0.6) is 0 Å². The van der Waals surface area contributed by atoms with Crippen LogP contribution >= 0.6 is 0 Å². The van der Waals surface area contributed by atoms with Gasteiger partial charge in [-0.05, 0) is 13.0 Å². The maximum atomic E-state index is 10.2. The highest BCUT2D eigenvalue weighted by Gasteiger charge is 2.11. The molecule has 0 saturated heterocycles. The second kappa shape index (κ2) is 4.03. The Morgan fingerprint density at radius 1 is 1.70 bits per heavy atom. The van der Waals surface area contributed by atoms with Gasteiger partial charge in [0.05, 0.1) is 0 Å². The topological polar surface area (TPSA) is 89.3 Å². The minimum Gasteiger partial charge on any atom is -0.478 e. The Labute approximate surface area is 59.5 Å². The number of hydrogen-bond acceptors (Lipinski definition) is 3. The molecule has 0 aromatic carbocycles. The smallest absolute Gasteiger partial charge is 0.332 e. The van der Waals surface area contributed by atoms with E-state index < -0.39 is 12.0 Å². The standard InChI is InChI=1S/C6H12N2O2/c1-4(6(9)10)5(8)2-3-7/h5H,1-3,7-8H2,(H,9,10). The molecule has 4 heteroatoms. The molecule has 1 unspecified atom stereocenters. The molecule has 0 spiro atoms. The lowest BCUT2D eigenvalue weighted by Gasteiger charge is -2.08. The van der Waals surface area contributed by atoms with Crippen molar-refractivity contribution < 1.29 is 9.90 Å². The predicted octanol–water partition coefficient (Wildman–Crippen LogP) is -0.697. The van der Waals surface area contributed by atoms with Gasteiger partial charge in [0.2, 0.25) is 0 Å². The minimum atomic E-state index is -1.05. The van der Waals surface area contributed by atoms with Gasteiger partial charge in [0.1, 0.15) is 0 Å². The van der Waals surface area contributed by atoms with Gasteiger partial charge in [-0.15, -0.1) is 0 Å². The number of carbonyl (C=O) groups is 1. The molecule has 0 aliphatic carbocycles. The van der Waals surface area contributed by atoms with E-state index >= 15 is 0 Å². The van der Waals surface area contributed by atoms with Crippen molar-refractivity contribution in [1.29, 1.82) is 0 Å². The van der Waals surface area contributed by atoms with E-state index in [1.165, 1.54) is 0 Å². The third-order valence-corrected chi connectivity index (χ3v) is 1.20. The fourth-order valence-corrected chi connectivity index (χ4v) is 0.512. The number of carboxylic acids is 1.